The summed E-state index contributed by atoms with van der Waals surface area (Å²) in [6.07, 6.45) is 23.5. The topological polar surface area (TPSA) is 40.5 Å². The Hall–Kier alpha value is -0.570. The number of carbonyl (C=O) groups excluding carboxylic acids is 1. The van der Waals surface area contributed by atoms with Gasteiger partial charge in [0.25, 0.3) is 0 Å². The zero-order valence-corrected chi connectivity index (χ0v) is 20.9. The summed E-state index contributed by atoms with van der Waals surface area (Å²) in [7, 11) is 0. The largest absolute Gasteiger partial charge is 0.393 e. The second-order valence-electron chi connectivity index (χ2n) is 9.31. The molecule has 0 spiro atoms. The van der Waals surface area contributed by atoms with Crippen molar-refractivity contribution in [3.05, 3.63) is 0 Å². The van der Waals surface area contributed by atoms with Gasteiger partial charge in [0.2, 0.25) is 5.91 Å². The number of aliphatic hydroxyl groups excluding tert-OH is 1. The molecule has 3 nitrogen and oxygen atoms in total. The first-order valence-corrected chi connectivity index (χ1v) is 13.6. The van der Waals surface area contributed by atoms with Crippen LogP contribution in [0.25, 0.3) is 0 Å². The lowest BCUT2D eigenvalue weighted by atomic mass is 10.0. The molecule has 0 rings (SSSR count). The molecule has 0 aliphatic heterocycles. The van der Waals surface area contributed by atoms with Crippen LogP contribution in [0.5, 0.6) is 0 Å². The van der Waals surface area contributed by atoms with Crippen LogP contribution in [0.2, 0.25) is 0 Å². The standard InChI is InChI=1S/C27H55NO2/c1-4-7-10-11-15-18-21-26(29)22-19-16-13-12-14-17-20-23-27(30)28(24-8-5-2)25-9-6-3/h26,29H,4-25H2,1-3H3. The van der Waals surface area contributed by atoms with Gasteiger partial charge in [-0.05, 0) is 32.1 Å². The summed E-state index contributed by atoms with van der Waals surface area (Å²) >= 11 is 0. The van der Waals surface area contributed by atoms with Gasteiger partial charge in [-0.2, -0.15) is 0 Å². The number of hydrogen-bond donors (Lipinski definition) is 1. The van der Waals surface area contributed by atoms with E-state index in [0.29, 0.717) is 5.91 Å². The van der Waals surface area contributed by atoms with Gasteiger partial charge in [0, 0.05) is 19.5 Å². The molecule has 0 aromatic carbocycles. The van der Waals surface area contributed by atoms with Crippen LogP contribution in [-0.4, -0.2) is 35.1 Å². The maximum Gasteiger partial charge on any atom is 0.222 e. The molecule has 0 saturated carbocycles. The Kier molecular flexibility index (Phi) is 22.7. The van der Waals surface area contributed by atoms with E-state index < -0.39 is 0 Å². The van der Waals surface area contributed by atoms with Crippen molar-refractivity contribution >= 4 is 5.91 Å². The number of hydrogen-bond acceptors (Lipinski definition) is 2. The van der Waals surface area contributed by atoms with Gasteiger partial charge in [-0.3, -0.25) is 4.79 Å². The van der Waals surface area contributed by atoms with Crippen molar-refractivity contribution in [1.82, 2.24) is 4.90 Å². The fraction of sp³-hybridized carbons (Fsp3) is 0.963. The highest BCUT2D eigenvalue weighted by molar-refractivity contribution is 5.76. The lowest BCUT2D eigenvalue weighted by Gasteiger charge is -2.22. The fourth-order valence-corrected chi connectivity index (χ4v) is 4.06. The maximum atomic E-state index is 12.4. The molecule has 0 aromatic heterocycles. The Morgan fingerprint density at radius 2 is 1.00 bits per heavy atom. The Morgan fingerprint density at radius 3 is 1.47 bits per heavy atom. The molecule has 1 atom stereocenters. The number of carbonyl (C=O) groups is 1. The molecule has 1 N–H and O–H groups in total. The molecule has 0 heterocycles. The second-order valence-corrected chi connectivity index (χ2v) is 9.31. The molecule has 0 aliphatic rings. The third-order valence-corrected chi connectivity index (χ3v) is 6.23. The molecule has 3 heteroatoms. The van der Waals surface area contributed by atoms with Gasteiger partial charge in [0.05, 0.1) is 6.10 Å². The molecular formula is C27H55NO2. The average molecular weight is 426 g/mol. The zero-order chi connectivity index (χ0) is 22.3. The van der Waals surface area contributed by atoms with E-state index in [1.807, 2.05) is 0 Å². The summed E-state index contributed by atoms with van der Waals surface area (Å²) in [4.78, 5) is 14.5. The van der Waals surface area contributed by atoms with Crippen molar-refractivity contribution in [1.29, 1.82) is 0 Å². The van der Waals surface area contributed by atoms with Gasteiger partial charge in [0.1, 0.15) is 0 Å². The average Bonchev–Trinajstić information content (AvgIpc) is 2.74. The summed E-state index contributed by atoms with van der Waals surface area (Å²) in [5, 5.41) is 10.1. The predicted molar refractivity (Wildman–Crippen MR) is 132 cm³/mol. The molecule has 0 saturated heterocycles. The van der Waals surface area contributed by atoms with Gasteiger partial charge >= 0.3 is 0 Å². The highest BCUT2D eigenvalue weighted by Gasteiger charge is 2.11. The van der Waals surface area contributed by atoms with Crippen LogP contribution in [0.1, 0.15) is 149 Å². The van der Waals surface area contributed by atoms with E-state index in [1.165, 1.54) is 77.0 Å². The summed E-state index contributed by atoms with van der Waals surface area (Å²) in [5.74, 6) is 0.372. The normalized spacial score (nSPS) is 12.3. The van der Waals surface area contributed by atoms with Crippen LogP contribution in [0.3, 0.4) is 0 Å². The lowest BCUT2D eigenvalue weighted by molar-refractivity contribution is -0.131. The highest BCUT2D eigenvalue weighted by atomic mass is 16.3. The fourth-order valence-electron chi connectivity index (χ4n) is 4.06. The maximum absolute atomic E-state index is 12.4. The third-order valence-electron chi connectivity index (χ3n) is 6.23. The Labute approximate surface area is 189 Å². The van der Waals surface area contributed by atoms with Crippen LogP contribution in [-0.2, 0) is 4.79 Å². The van der Waals surface area contributed by atoms with Crippen molar-refractivity contribution in [3.8, 4) is 0 Å². The van der Waals surface area contributed by atoms with E-state index in [1.54, 1.807) is 0 Å². The number of aliphatic hydroxyl groups is 1. The third kappa shape index (κ3) is 19.4. The van der Waals surface area contributed by atoms with E-state index >= 15 is 0 Å². The number of amides is 1. The van der Waals surface area contributed by atoms with E-state index in [-0.39, 0.29) is 6.10 Å². The Balaban J connectivity index is 3.52. The minimum atomic E-state index is -0.0782. The monoisotopic (exact) mass is 425 g/mol. The Bertz CT molecular complexity index is 351. The summed E-state index contributed by atoms with van der Waals surface area (Å²) in [5.41, 5.74) is 0. The van der Waals surface area contributed by atoms with E-state index in [9.17, 15) is 9.90 Å². The molecule has 0 fully saturated rings. The van der Waals surface area contributed by atoms with Crippen LogP contribution in [0.4, 0.5) is 0 Å². The van der Waals surface area contributed by atoms with Crippen molar-refractivity contribution in [2.45, 2.75) is 155 Å². The van der Waals surface area contributed by atoms with Crippen LogP contribution < -0.4 is 0 Å². The van der Waals surface area contributed by atoms with Crippen molar-refractivity contribution in [2.75, 3.05) is 13.1 Å². The van der Waals surface area contributed by atoms with E-state index in [4.69, 9.17) is 0 Å². The van der Waals surface area contributed by atoms with Gasteiger partial charge in [0.15, 0.2) is 0 Å². The molecule has 1 amide bonds. The van der Waals surface area contributed by atoms with Crippen LogP contribution >= 0.6 is 0 Å². The minimum absolute atomic E-state index is 0.0782. The SMILES string of the molecule is CCCCCCCCC(O)CCCCCCCCCC(=O)N(CCCC)CCCC. The minimum Gasteiger partial charge on any atom is -0.393 e. The number of unbranched alkanes of at least 4 members (excludes halogenated alkanes) is 13. The second kappa shape index (κ2) is 23.1. The first kappa shape index (κ1) is 29.4. The number of nitrogens with zero attached hydrogens (tertiary/aromatic N) is 1. The molecule has 0 bridgehead atoms. The lowest BCUT2D eigenvalue weighted by Crippen LogP contribution is -2.32. The van der Waals surface area contributed by atoms with Gasteiger partial charge in [-0.25, -0.2) is 0 Å². The number of rotatable bonds is 23. The zero-order valence-electron chi connectivity index (χ0n) is 20.9. The molecule has 180 valence electrons. The van der Waals surface area contributed by atoms with Crippen LogP contribution in [0, 0.1) is 0 Å². The van der Waals surface area contributed by atoms with E-state index in [2.05, 4.69) is 25.7 Å². The van der Waals surface area contributed by atoms with Crippen molar-refractivity contribution in [3.63, 3.8) is 0 Å². The Morgan fingerprint density at radius 1 is 0.600 bits per heavy atom. The quantitative estimate of drug-likeness (QED) is 0.168. The molecule has 0 aliphatic carbocycles. The highest BCUT2D eigenvalue weighted by Crippen LogP contribution is 2.15. The summed E-state index contributed by atoms with van der Waals surface area (Å²) < 4.78 is 0. The van der Waals surface area contributed by atoms with Crippen molar-refractivity contribution in [2.24, 2.45) is 0 Å². The summed E-state index contributed by atoms with van der Waals surface area (Å²) in [6, 6.07) is 0. The summed E-state index contributed by atoms with van der Waals surface area (Å²) in [6.45, 7) is 8.53. The molecule has 0 radical (unpaired) electrons. The van der Waals surface area contributed by atoms with Gasteiger partial charge < -0.3 is 10.0 Å². The molecule has 1 unspecified atom stereocenters. The molecule has 30 heavy (non-hydrogen) atoms. The predicted octanol–water partition coefficient (Wildman–Crippen LogP) is 8.04. The first-order valence-electron chi connectivity index (χ1n) is 13.6. The van der Waals surface area contributed by atoms with Gasteiger partial charge in [-0.1, -0.05) is 111 Å². The van der Waals surface area contributed by atoms with Crippen molar-refractivity contribution < 1.29 is 9.90 Å². The smallest absolute Gasteiger partial charge is 0.222 e. The molecular weight excluding hydrogens is 370 g/mol. The van der Waals surface area contributed by atoms with Crippen LogP contribution in [0.15, 0.2) is 0 Å². The first-order chi connectivity index (χ1) is 14.7. The van der Waals surface area contributed by atoms with Gasteiger partial charge in [-0.15, -0.1) is 0 Å². The molecule has 0 aromatic rings. The van der Waals surface area contributed by atoms with E-state index in [0.717, 1.165) is 64.5 Å².